The van der Waals surface area contributed by atoms with Crippen LogP contribution in [0.1, 0.15) is 105 Å². The van der Waals surface area contributed by atoms with Crippen LogP contribution in [0.3, 0.4) is 0 Å². The van der Waals surface area contributed by atoms with E-state index in [1.165, 1.54) is 5.56 Å². The molecule has 7 heteroatoms. The van der Waals surface area contributed by atoms with E-state index in [1.54, 1.807) is 25.7 Å². The van der Waals surface area contributed by atoms with Crippen LogP contribution >= 0.6 is 0 Å². The highest BCUT2D eigenvalue weighted by molar-refractivity contribution is 5.92. The third kappa shape index (κ3) is 8.24. The summed E-state index contributed by atoms with van der Waals surface area (Å²) in [6.07, 6.45) is 3.62. The molecule has 0 radical (unpaired) electrons. The van der Waals surface area contributed by atoms with Crippen LogP contribution in [0.5, 0.6) is 0 Å². The molecule has 0 aliphatic heterocycles. The first-order valence-electron chi connectivity index (χ1n) is 13.4. The summed E-state index contributed by atoms with van der Waals surface area (Å²) in [5.74, 6) is -0.595. The Bertz CT molecular complexity index is 895. The van der Waals surface area contributed by atoms with Crippen molar-refractivity contribution in [2.45, 2.75) is 124 Å². The van der Waals surface area contributed by atoms with Gasteiger partial charge in [0.05, 0.1) is 0 Å². The van der Waals surface area contributed by atoms with E-state index in [2.05, 4.69) is 17.6 Å². The quantitative estimate of drug-likeness (QED) is 0.466. The third-order valence-electron chi connectivity index (χ3n) is 6.60. The summed E-state index contributed by atoms with van der Waals surface area (Å²) in [6, 6.07) is 6.27. The van der Waals surface area contributed by atoms with Crippen molar-refractivity contribution in [2.24, 2.45) is 5.92 Å². The lowest BCUT2D eigenvalue weighted by Crippen LogP contribution is -2.59. The minimum absolute atomic E-state index is 0.0638. The van der Waals surface area contributed by atoms with Crippen LogP contribution in [-0.4, -0.2) is 46.0 Å². The summed E-state index contributed by atoms with van der Waals surface area (Å²) in [6.45, 7) is 17.2. The van der Waals surface area contributed by atoms with Crippen molar-refractivity contribution >= 4 is 17.9 Å². The molecule has 3 unspecified atom stereocenters. The predicted molar refractivity (Wildman–Crippen MR) is 144 cm³/mol. The first-order chi connectivity index (χ1) is 16.7. The van der Waals surface area contributed by atoms with E-state index in [4.69, 9.17) is 4.74 Å². The Kier molecular flexibility index (Phi) is 9.98. The number of carbonyl (C=O) groups excluding carboxylic acids is 3. The lowest BCUT2D eigenvalue weighted by molar-refractivity contribution is -0.149. The number of nitrogens with zero attached hydrogens (tertiary/aromatic N) is 1. The normalized spacial score (nSPS) is 16.8. The summed E-state index contributed by atoms with van der Waals surface area (Å²) in [5.41, 5.74) is 0.795. The van der Waals surface area contributed by atoms with Gasteiger partial charge in [0, 0.05) is 11.6 Å². The number of ether oxygens (including phenoxy) is 1. The number of hydrogen-bond donors (Lipinski definition) is 2. The molecular formula is C29H47N3O4. The first-order valence-corrected chi connectivity index (χ1v) is 13.4. The van der Waals surface area contributed by atoms with Crippen molar-refractivity contribution in [1.82, 2.24) is 15.5 Å². The fourth-order valence-electron chi connectivity index (χ4n) is 4.27. The van der Waals surface area contributed by atoms with E-state index >= 15 is 0 Å². The van der Waals surface area contributed by atoms with Gasteiger partial charge in [0.25, 0.3) is 0 Å². The van der Waals surface area contributed by atoms with Gasteiger partial charge in [-0.15, -0.1) is 0 Å². The van der Waals surface area contributed by atoms with Gasteiger partial charge in [0.1, 0.15) is 17.7 Å². The SMILES string of the molecule is CCc1ccc(C(C(=O)NC(C)(C)C)N(C(=O)C(NC(=O)OC(C)(C)C)C(C)CC)C2CCC2)cc1. The lowest BCUT2D eigenvalue weighted by atomic mass is 9.86. The first kappa shape index (κ1) is 29.7. The van der Waals surface area contributed by atoms with Gasteiger partial charge in [-0.1, -0.05) is 51.5 Å². The molecule has 2 N–H and O–H groups in total. The molecule has 3 atom stereocenters. The van der Waals surface area contributed by atoms with Crippen LogP contribution in [-0.2, 0) is 20.7 Å². The maximum absolute atomic E-state index is 14.3. The Balaban J connectivity index is 2.53. The van der Waals surface area contributed by atoms with Crippen molar-refractivity contribution in [3.63, 3.8) is 0 Å². The number of rotatable bonds is 9. The molecule has 2 rings (SSSR count). The molecule has 0 aromatic heterocycles. The van der Waals surface area contributed by atoms with Gasteiger partial charge in [0.15, 0.2) is 0 Å². The molecule has 1 fully saturated rings. The molecule has 0 saturated heterocycles. The minimum atomic E-state index is -0.801. The average molecular weight is 502 g/mol. The van der Waals surface area contributed by atoms with Gasteiger partial charge in [-0.05, 0) is 84.3 Å². The Labute approximate surface area is 217 Å². The molecule has 202 valence electrons. The summed E-state index contributed by atoms with van der Waals surface area (Å²) < 4.78 is 5.48. The highest BCUT2D eigenvalue weighted by Gasteiger charge is 2.43. The minimum Gasteiger partial charge on any atom is -0.444 e. The van der Waals surface area contributed by atoms with E-state index in [0.29, 0.717) is 6.42 Å². The van der Waals surface area contributed by atoms with Crippen LogP contribution in [0, 0.1) is 5.92 Å². The average Bonchev–Trinajstić information content (AvgIpc) is 2.72. The second kappa shape index (κ2) is 12.1. The van der Waals surface area contributed by atoms with Gasteiger partial charge < -0.3 is 20.3 Å². The summed E-state index contributed by atoms with van der Waals surface area (Å²) in [7, 11) is 0. The third-order valence-corrected chi connectivity index (χ3v) is 6.60. The molecule has 0 heterocycles. The van der Waals surface area contributed by atoms with Crippen LogP contribution in [0.25, 0.3) is 0 Å². The van der Waals surface area contributed by atoms with Crippen molar-refractivity contribution in [3.8, 4) is 0 Å². The molecule has 0 bridgehead atoms. The van der Waals surface area contributed by atoms with Crippen LogP contribution < -0.4 is 10.6 Å². The van der Waals surface area contributed by atoms with E-state index in [0.717, 1.165) is 31.2 Å². The molecule has 1 saturated carbocycles. The van der Waals surface area contributed by atoms with Crippen molar-refractivity contribution < 1.29 is 19.1 Å². The largest absolute Gasteiger partial charge is 0.444 e. The molecule has 3 amide bonds. The van der Waals surface area contributed by atoms with Gasteiger partial charge in [-0.2, -0.15) is 0 Å². The second-order valence-electron chi connectivity index (χ2n) is 12.1. The van der Waals surface area contributed by atoms with E-state index in [9.17, 15) is 14.4 Å². The van der Waals surface area contributed by atoms with Crippen LogP contribution in [0.2, 0.25) is 0 Å². The van der Waals surface area contributed by atoms with E-state index in [1.807, 2.05) is 58.9 Å². The number of amides is 3. The molecule has 1 aliphatic rings. The standard InChI is InChI=1S/C29H47N3O4/c1-10-19(3)23(30-27(35)36-29(7,8)9)26(34)32(22-13-12-14-22)24(25(33)31-28(4,5)6)21-17-15-20(11-2)16-18-21/h15-19,22-24H,10-14H2,1-9H3,(H,30,35)(H,31,33). The molecule has 7 nitrogen and oxygen atoms in total. The zero-order valence-corrected chi connectivity index (χ0v) is 23.7. The van der Waals surface area contributed by atoms with Gasteiger partial charge in [-0.25, -0.2) is 4.79 Å². The maximum atomic E-state index is 14.3. The molecule has 1 aromatic carbocycles. The Hall–Kier alpha value is -2.57. The summed E-state index contributed by atoms with van der Waals surface area (Å²) >= 11 is 0. The number of benzene rings is 1. The van der Waals surface area contributed by atoms with Gasteiger partial charge in [0.2, 0.25) is 11.8 Å². The second-order valence-corrected chi connectivity index (χ2v) is 12.1. The smallest absolute Gasteiger partial charge is 0.408 e. The van der Waals surface area contributed by atoms with Gasteiger partial charge in [-0.3, -0.25) is 9.59 Å². The van der Waals surface area contributed by atoms with Crippen LogP contribution in [0.4, 0.5) is 4.79 Å². The Morgan fingerprint density at radius 3 is 2.03 bits per heavy atom. The number of alkyl carbamates (subject to hydrolysis) is 1. The van der Waals surface area contributed by atoms with Crippen molar-refractivity contribution in [1.29, 1.82) is 0 Å². The molecular weight excluding hydrogens is 454 g/mol. The maximum Gasteiger partial charge on any atom is 0.408 e. The molecule has 0 spiro atoms. The predicted octanol–water partition coefficient (Wildman–Crippen LogP) is 5.53. The van der Waals surface area contributed by atoms with Crippen LogP contribution in [0.15, 0.2) is 24.3 Å². The molecule has 36 heavy (non-hydrogen) atoms. The number of nitrogens with one attached hydrogen (secondary N) is 2. The molecule has 1 aromatic rings. The van der Waals surface area contributed by atoms with E-state index in [-0.39, 0.29) is 23.8 Å². The van der Waals surface area contributed by atoms with E-state index < -0.39 is 29.3 Å². The zero-order valence-electron chi connectivity index (χ0n) is 23.7. The monoisotopic (exact) mass is 501 g/mol. The fraction of sp³-hybridized carbons (Fsp3) is 0.690. The number of carbonyl (C=O) groups is 3. The summed E-state index contributed by atoms with van der Waals surface area (Å²) in [5, 5.41) is 5.93. The highest BCUT2D eigenvalue weighted by atomic mass is 16.6. The van der Waals surface area contributed by atoms with Crippen molar-refractivity contribution in [3.05, 3.63) is 35.4 Å². The van der Waals surface area contributed by atoms with Gasteiger partial charge >= 0.3 is 6.09 Å². The Morgan fingerprint density at radius 1 is 1.03 bits per heavy atom. The zero-order chi connectivity index (χ0) is 27.3. The lowest BCUT2D eigenvalue weighted by Gasteiger charge is -2.45. The number of hydrogen-bond acceptors (Lipinski definition) is 4. The van der Waals surface area contributed by atoms with Crippen molar-refractivity contribution in [2.75, 3.05) is 0 Å². The summed E-state index contributed by atoms with van der Waals surface area (Å²) in [4.78, 5) is 42.5. The fourth-order valence-corrected chi connectivity index (χ4v) is 4.27. The highest BCUT2D eigenvalue weighted by Crippen LogP contribution is 2.35. The topological polar surface area (TPSA) is 87.7 Å². The Morgan fingerprint density at radius 2 is 1.61 bits per heavy atom. The number of aryl methyl sites for hydroxylation is 1. The molecule has 1 aliphatic carbocycles.